The molecule has 0 spiro atoms. The van der Waals surface area contributed by atoms with Crippen LogP contribution < -0.4 is 5.43 Å². The van der Waals surface area contributed by atoms with Crippen molar-refractivity contribution >= 4 is 12.9 Å². The lowest BCUT2D eigenvalue weighted by Crippen LogP contribution is -2.34. The van der Waals surface area contributed by atoms with E-state index in [1.54, 1.807) is 0 Å². The van der Waals surface area contributed by atoms with Crippen LogP contribution in [0.25, 0.3) is 0 Å². The molecule has 0 radical (unpaired) electrons. The fourth-order valence-corrected chi connectivity index (χ4v) is 7.71. The van der Waals surface area contributed by atoms with Crippen molar-refractivity contribution in [2.45, 2.75) is 253 Å². The fraction of sp³-hybridized carbons (Fsp3) is 0.920. The SMILES string of the molecule is C/C=C\N(CCCN(CCCCCCCC)CCCCCCCC(CCCCCCCC)CCCCCCCC)NC.CCCCCCCCCOC=O.O=CO. The third-order valence-electron chi connectivity index (χ3n) is 11.3. The van der Waals surface area contributed by atoms with E-state index in [9.17, 15) is 4.79 Å². The first-order valence-electron chi connectivity index (χ1n) is 25.0. The molecule has 2 N–H and O–H groups in total. The minimum Gasteiger partial charge on any atom is -0.483 e. The summed E-state index contributed by atoms with van der Waals surface area (Å²) < 4.78 is 4.58. The molecule has 0 fully saturated rings. The van der Waals surface area contributed by atoms with Crippen LogP contribution in [-0.4, -0.2) is 67.8 Å². The highest BCUT2D eigenvalue weighted by Gasteiger charge is 2.10. The van der Waals surface area contributed by atoms with E-state index in [2.05, 4.69) is 67.0 Å². The molecule has 0 aliphatic rings. The highest BCUT2D eigenvalue weighted by Crippen LogP contribution is 2.25. The van der Waals surface area contributed by atoms with Gasteiger partial charge in [-0.15, -0.1) is 0 Å². The van der Waals surface area contributed by atoms with Crippen LogP contribution in [0.2, 0.25) is 0 Å². The summed E-state index contributed by atoms with van der Waals surface area (Å²) in [5.41, 5.74) is 3.30. The van der Waals surface area contributed by atoms with Crippen LogP contribution in [0.4, 0.5) is 0 Å². The number of hydrogen-bond donors (Lipinski definition) is 2. The lowest BCUT2D eigenvalue weighted by molar-refractivity contribution is -0.128. The van der Waals surface area contributed by atoms with Gasteiger partial charge in [0.2, 0.25) is 0 Å². The smallest absolute Gasteiger partial charge is 0.293 e. The maximum atomic E-state index is 9.76. The van der Waals surface area contributed by atoms with Gasteiger partial charge in [-0.2, -0.15) is 0 Å². The summed E-state index contributed by atoms with van der Waals surface area (Å²) in [5.74, 6) is 1.01. The number of ether oxygens (including phenoxy) is 1. The molecule has 0 aromatic heterocycles. The van der Waals surface area contributed by atoms with Crippen LogP contribution in [0, 0.1) is 5.92 Å². The number of unbranched alkanes of at least 4 members (excludes halogenated alkanes) is 25. The molecule has 57 heavy (non-hydrogen) atoms. The van der Waals surface area contributed by atoms with Gasteiger partial charge in [0.15, 0.2) is 0 Å². The van der Waals surface area contributed by atoms with Crippen molar-refractivity contribution < 1.29 is 19.4 Å². The zero-order valence-corrected chi connectivity index (χ0v) is 39.5. The first-order valence-corrected chi connectivity index (χ1v) is 25.0. The fourth-order valence-electron chi connectivity index (χ4n) is 7.71. The minimum absolute atomic E-state index is 0.250. The Morgan fingerprint density at radius 3 is 1.18 bits per heavy atom. The maximum Gasteiger partial charge on any atom is 0.293 e. The minimum atomic E-state index is -0.250. The summed E-state index contributed by atoms with van der Waals surface area (Å²) in [6.07, 6.45) is 51.8. The normalized spacial score (nSPS) is 11.1. The van der Waals surface area contributed by atoms with Crippen molar-refractivity contribution in [2.75, 3.05) is 39.8 Å². The van der Waals surface area contributed by atoms with Crippen molar-refractivity contribution in [3.8, 4) is 0 Å². The van der Waals surface area contributed by atoms with Crippen molar-refractivity contribution in [2.24, 2.45) is 5.92 Å². The summed E-state index contributed by atoms with van der Waals surface area (Å²) in [6.45, 7) is 17.1. The maximum absolute atomic E-state index is 9.76. The quantitative estimate of drug-likeness (QED) is 0.0360. The van der Waals surface area contributed by atoms with Gasteiger partial charge in [-0.25, -0.2) is 5.43 Å². The lowest BCUT2D eigenvalue weighted by Gasteiger charge is -2.25. The Kier molecular flexibility index (Phi) is 59.2. The van der Waals surface area contributed by atoms with E-state index >= 15 is 0 Å². The molecular weight excluding hydrogens is 707 g/mol. The van der Waals surface area contributed by atoms with Crippen LogP contribution in [0.1, 0.15) is 253 Å². The zero-order valence-electron chi connectivity index (χ0n) is 39.5. The molecule has 0 atom stereocenters. The van der Waals surface area contributed by atoms with Gasteiger partial charge >= 0.3 is 0 Å². The Labute approximate surface area is 357 Å². The average molecular weight is 810 g/mol. The molecule has 0 aromatic rings. The van der Waals surface area contributed by atoms with E-state index in [-0.39, 0.29) is 6.47 Å². The van der Waals surface area contributed by atoms with E-state index in [1.165, 1.54) is 232 Å². The van der Waals surface area contributed by atoms with E-state index in [4.69, 9.17) is 9.90 Å². The number of nitrogens with one attached hydrogen (secondary N) is 1. The average Bonchev–Trinajstić information content (AvgIpc) is 3.21. The van der Waals surface area contributed by atoms with Gasteiger partial charge in [0.05, 0.1) is 6.61 Å². The van der Waals surface area contributed by atoms with Crippen LogP contribution in [0.3, 0.4) is 0 Å². The number of carbonyl (C=O) groups excluding carboxylic acids is 1. The van der Waals surface area contributed by atoms with Crippen LogP contribution >= 0.6 is 0 Å². The van der Waals surface area contributed by atoms with Gasteiger partial charge in [0.1, 0.15) is 0 Å². The van der Waals surface area contributed by atoms with Crippen molar-refractivity contribution in [1.29, 1.82) is 0 Å². The molecule has 0 unspecified atom stereocenters. The third kappa shape index (κ3) is 54.4. The van der Waals surface area contributed by atoms with E-state index in [1.807, 2.05) is 7.05 Å². The second kappa shape index (κ2) is 56.5. The predicted molar refractivity (Wildman–Crippen MR) is 251 cm³/mol. The summed E-state index contributed by atoms with van der Waals surface area (Å²) in [7, 11) is 2.03. The monoisotopic (exact) mass is 810 g/mol. The summed E-state index contributed by atoms with van der Waals surface area (Å²) >= 11 is 0. The molecule has 7 nitrogen and oxygen atoms in total. The molecule has 7 heteroatoms. The molecule has 342 valence electrons. The third-order valence-corrected chi connectivity index (χ3v) is 11.3. The Morgan fingerprint density at radius 1 is 0.491 bits per heavy atom. The highest BCUT2D eigenvalue weighted by atomic mass is 16.5. The van der Waals surface area contributed by atoms with E-state index < -0.39 is 0 Å². The van der Waals surface area contributed by atoms with Gasteiger partial charge in [0.25, 0.3) is 12.9 Å². The topological polar surface area (TPSA) is 82.1 Å². The van der Waals surface area contributed by atoms with E-state index in [0.717, 1.165) is 18.9 Å². The Bertz CT molecular complexity index is 737. The van der Waals surface area contributed by atoms with Gasteiger partial charge in [-0.1, -0.05) is 226 Å². The van der Waals surface area contributed by atoms with Crippen LogP contribution in [-0.2, 0) is 14.3 Å². The number of hydrazine groups is 1. The van der Waals surface area contributed by atoms with Gasteiger partial charge in [-0.05, 0) is 58.2 Å². The number of carboxylic acid groups (broad SMARTS) is 1. The van der Waals surface area contributed by atoms with Crippen LogP contribution in [0.5, 0.6) is 0 Å². The van der Waals surface area contributed by atoms with E-state index in [0.29, 0.717) is 13.1 Å². The Morgan fingerprint density at radius 2 is 0.825 bits per heavy atom. The van der Waals surface area contributed by atoms with Crippen molar-refractivity contribution in [3.05, 3.63) is 12.3 Å². The standard InChI is InChI=1S/C39H81N3.C10H20O2.CH2O2/c1-6-10-13-16-20-25-31-39(32-26-21-17-14-11-7-2)33-27-22-19-24-29-36-41(35-28-23-18-15-12-8-3)37-30-38-42(40-5)34-9-4;1-2-3-4-5-6-7-8-9-12-10-11;2-1-3/h9,34,39-40H,6-8,10-33,35-38H2,1-5H3;10H,2-9H2,1H3;1H,(H,2,3)/b34-9-;;. The number of nitrogens with zero attached hydrogens (tertiary/aromatic N) is 2. The molecule has 0 rings (SSSR count). The van der Waals surface area contributed by atoms with Crippen LogP contribution in [0.15, 0.2) is 12.3 Å². The first kappa shape index (κ1) is 59.7. The molecule has 0 aliphatic carbocycles. The van der Waals surface area contributed by atoms with Gasteiger partial charge < -0.3 is 19.8 Å². The highest BCUT2D eigenvalue weighted by molar-refractivity contribution is 5.36. The second-order valence-electron chi connectivity index (χ2n) is 16.6. The number of hydrogen-bond acceptors (Lipinski definition) is 6. The van der Waals surface area contributed by atoms with Crippen molar-refractivity contribution in [1.82, 2.24) is 15.3 Å². The molecule has 0 aromatic carbocycles. The van der Waals surface area contributed by atoms with Gasteiger partial charge in [-0.3, -0.25) is 9.59 Å². The number of carbonyl (C=O) groups is 2. The predicted octanol–water partition coefficient (Wildman–Crippen LogP) is 15.1. The Hall–Kier alpha value is -1.60. The molecular formula is C50H103N3O4. The molecule has 0 saturated carbocycles. The summed E-state index contributed by atoms with van der Waals surface area (Å²) in [4.78, 5) is 20.9. The van der Waals surface area contributed by atoms with Crippen molar-refractivity contribution in [3.63, 3.8) is 0 Å². The number of rotatable bonds is 44. The molecule has 0 aliphatic heterocycles. The Balaban J connectivity index is -0.00000163. The lowest BCUT2D eigenvalue weighted by atomic mass is 9.89. The van der Waals surface area contributed by atoms with Gasteiger partial charge in [0, 0.05) is 19.8 Å². The zero-order chi connectivity index (χ0) is 42.6. The summed E-state index contributed by atoms with van der Waals surface area (Å²) in [5, 5.41) is 9.11. The molecule has 0 saturated heterocycles. The second-order valence-corrected chi connectivity index (χ2v) is 16.6. The molecule has 0 bridgehead atoms. The number of allylic oxidation sites excluding steroid dienone is 1. The summed E-state index contributed by atoms with van der Waals surface area (Å²) in [6, 6.07) is 0. The largest absolute Gasteiger partial charge is 0.483 e. The molecule has 0 heterocycles. The molecule has 0 amide bonds. The first-order chi connectivity index (χ1) is 28.0.